The largest absolute Gasteiger partial charge is 0.426 e. The lowest BCUT2D eigenvalue weighted by molar-refractivity contribution is -0.133. The molecule has 30 heavy (non-hydrogen) atoms. The van der Waals surface area contributed by atoms with E-state index >= 15 is 0 Å². The van der Waals surface area contributed by atoms with Crippen molar-refractivity contribution in [2.75, 3.05) is 4.90 Å². The van der Waals surface area contributed by atoms with E-state index in [1.807, 2.05) is 30.3 Å². The number of alkyl halides is 2. The first kappa shape index (κ1) is 19.9. The van der Waals surface area contributed by atoms with E-state index in [9.17, 15) is 14.4 Å². The summed E-state index contributed by atoms with van der Waals surface area (Å²) < 4.78 is 5.47. The van der Waals surface area contributed by atoms with Crippen molar-refractivity contribution in [2.45, 2.75) is 22.5 Å². The number of halogens is 2. The average Bonchev–Trinajstić information content (AvgIpc) is 3.33. The highest BCUT2D eigenvalue weighted by atomic mass is 79.9. The van der Waals surface area contributed by atoms with E-state index in [1.54, 1.807) is 24.3 Å². The van der Waals surface area contributed by atoms with E-state index in [0.717, 1.165) is 12.0 Å². The fourth-order valence-electron chi connectivity index (χ4n) is 5.22. The maximum absolute atomic E-state index is 13.2. The minimum atomic E-state index is -0.392. The molecular weight excluding hydrogens is 514 g/mol. The first-order valence-corrected chi connectivity index (χ1v) is 11.8. The molecule has 3 fully saturated rings. The summed E-state index contributed by atoms with van der Waals surface area (Å²) in [5, 5.41) is 0. The van der Waals surface area contributed by atoms with E-state index in [2.05, 4.69) is 31.9 Å². The van der Waals surface area contributed by atoms with Crippen molar-refractivity contribution in [3.05, 3.63) is 60.2 Å². The standard InChI is InChI=1S/C23H19Br2NO4/c24-20-15-11-16(21(20)25)19-18(15)22(28)26(23(19)29)13-7-4-8-14(10-13)30-17(27)9-12-5-2-1-3-6-12/h1-8,10,15-16,18-21H,9,11H2/t15-,16-,18-,19+,20-,21+/m0/s1. The van der Waals surface area contributed by atoms with Crippen LogP contribution in [0.25, 0.3) is 0 Å². The van der Waals surface area contributed by atoms with E-state index in [4.69, 9.17) is 4.74 Å². The van der Waals surface area contributed by atoms with Gasteiger partial charge in [0.1, 0.15) is 5.75 Å². The highest BCUT2D eigenvalue weighted by molar-refractivity contribution is 9.12. The minimum absolute atomic E-state index is 0.144. The molecule has 2 aromatic rings. The van der Waals surface area contributed by atoms with Crippen LogP contribution in [0.2, 0.25) is 0 Å². The molecule has 0 N–H and O–H groups in total. The van der Waals surface area contributed by atoms with Crippen LogP contribution < -0.4 is 9.64 Å². The third kappa shape index (κ3) is 3.14. The Kier molecular flexibility index (Phi) is 5.06. The molecule has 0 spiro atoms. The molecular formula is C23H19Br2NO4. The molecule has 0 aromatic heterocycles. The molecule has 154 valence electrons. The minimum Gasteiger partial charge on any atom is -0.426 e. The van der Waals surface area contributed by atoms with Crippen molar-refractivity contribution < 1.29 is 19.1 Å². The summed E-state index contributed by atoms with van der Waals surface area (Å²) in [5.74, 6) is -0.573. The fourth-order valence-corrected chi connectivity index (χ4v) is 7.09. The van der Waals surface area contributed by atoms with Gasteiger partial charge in [-0.2, -0.15) is 0 Å². The number of ether oxygens (including phenoxy) is 1. The summed E-state index contributed by atoms with van der Waals surface area (Å²) >= 11 is 7.40. The van der Waals surface area contributed by atoms with Crippen LogP contribution in [0.5, 0.6) is 5.75 Å². The molecule has 2 bridgehead atoms. The van der Waals surface area contributed by atoms with Crippen molar-refractivity contribution in [1.82, 2.24) is 0 Å². The highest BCUT2D eigenvalue weighted by Gasteiger charge is 2.66. The van der Waals surface area contributed by atoms with Gasteiger partial charge in [0, 0.05) is 15.7 Å². The lowest BCUT2D eigenvalue weighted by Gasteiger charge is -2.28. The second kappa shape index (κ2) is 7.61. The van der Waals surface area contributed by atoms with Crippen LogP contribution >= 0.6 is 31.9 Å². The maximum Gasteiger partial charge on any atom is 0.315 e. The first-order chi connectivity index (χ1) is 14.5. The number of nitrogens with zero attached hydrogens (tertiary/aromatic N) is 1. The van der Waals surface area contributed by atoms with Crippen LogP contribution in [0.4, 0.5) is 5.69 Å². The molecule has 6 atom stereocenters. The fraction of sp³-hybridized carbons (Fsp3) is 0.348. The molecule has 1 heterocycles. The Labute approximate surface area is 191 Å². The molecule has 0 radical (unpaired) electrons. The number of rotatable bonds is 4. The van der Waals surface area contributed by atoms with Crippen molar-refractivity contribution >= 4 is 55.3 Å². The van der Waals surface area contributed by atoms with Gasteiger partial charge < -0.3 is 4.74 Å². The number of benzene rings is 2. The van der Waals surface area contributed by atoms with Gasteiger partial charge in [-0.3, -0.25) is 14.4 Å². The first-order valence-electron chi connectivity index (χ1n) is 9.96. The maximum atomic E-state index is 13.2. The Morgan fingerprint density at radius 2 is 1.57 bits per heavy atom. The molecule has 7 heteroatoms. The SMILES string of the molecule is O=C(Cc1ccccc1)Oc1cccc(N2C(=O)[C@@H]3[C@@H]4C[C@H]([C@H](Br)[C@@H]4Br)[C@@H]3C2=O)c1. The van der Waals surface area contributed by atoms with Gasteiger partial charge in [-0.15, -0.1) is 0 Å². The van der Waals surface area contributed by atoms with Gasteiger partial charge in [0.2, 0.25) is 11.8 Å². The highest BCUT2D eigenvalue weighted by Crippen LogP contribution is 2.60. The summed E-state index contributed by atoms with van der Waals surface area (Å²) in [4.78, 5) is 40.3. The quantitative estimate of drug-likeness (QED) is 0.257. The van der Waals surface area contributed by atoms with E-state index in [0.29, 0.717) is 11.4 Å². The van der Waals surface area contributed by atoms with Crippen molar-refractivity contribution in [3.8, 4) is 5.75 Å². The van der Waals surface area contributed by atoms with Crippen molar-refractivity contribution in [2.24, 2.45) is 23.7 Å². The third-order valence-electron chi connectivity index (χ3n) is 6.49. The van der Waals surface area contributed by atoms with E-state index in [1.165, 1.54) is 4.90 Å². The Balaban J connectivity index is 1.35. The Morgan fingerprint density at radius 3 is 2.20 bits per heavy atom. The van der Waals surface area contributed by atoms with E-state index < -0.39 is 5.97 Å². The van der Waals surface area contributed by atoms with Crippen molar-refractivity contribution in [1.29, 1.82) is 0 Å². The number of amides is 2. The van der Waals surface area contributed by atoms with Gasteiger partial charge in [-0.25, -0.2) is 4.90 Å². The number of esters is 1. The van der Waals surface area contributed by atoms with Crippen LogP contribution in [-0.2, 0) is 20.8 Å². The molecule has 0 unspecified atom stereocenters. The van der Waals surface area contributed by atoms with Gasteiger partial charge in [-0.05, 0) is 36.0 Å². The molecule has 1 saturated heterocycles. The number of imide groups is 1. The van der Waals surface area contributed by atoms with Gasteiger partial charge in [-0.1, -0.05) is 68.3 Å². The Bertz CT molecular complexity index is 995. The smallest absolute Gasteiger partial charge is 0.315 e. The molecule has 3 aliphatic rings. The van der Waals surface area contributed by atoms with Crippen LogP contribution in [0.15, 0.2) is 54.6 Å². The molecule has 2 aromatic carbocycles. The summed E-state index contributed by atoms with van der Waals surface area (Å²) in [5.41, 5.74) is 1.32. The van der Waals surface area contributed by atoms with Gasteiger partial charge in [0.15, 0.2) is 0 Å². The number of fused-ring (bicyclic) bond motifs is 5. The number of carbonyl (C=O) groups excluding carboxylic acids is 3. The zero-order chi connectivity index (χ0) is 21.0. The Hall–Kier alpha value is -1.99. The third-order valence-corrected chi connectivity index (χ3v) is 9.69. The predicted octanol–water partition coefficient (Wildman–Crippen LogP) is 4.12. The topological polar surface area (TPSA) is 63.7 Å². The van der Waals surface area contributed by atoms with Gasteiger partial charge >= 0.3 is 5.97 Å². The summed E-state index contributed by atoms with van der Waals surface area (Å²) in [6, 6.07) is 16.0. The monoisotopic (exact) mass is 531 g/mol. The second-order valence-corrected chi connectivity index (χ2v) is 10.3. The van der Waals surface area contributed by atoms with Gasteiger partial charge in [0.25, 0.3) is 0 Å². The lowest BCUT2D eigenvalue weighted by atomic mass is 9.81. The normalized spacial score (nSPS) is 31.9. The number of carbonyl (C=O) groups is 3. The van der Waals surface area contributed by atoms with Crippen LogP contribution in [-0.4, -0.2) is 27.4 Å². The lowest BCUT2D eigenvalue weighted by Crippen LogP contribution is -2.37. The molecule has 2 amide bonds. The molecule has 2 saturated carbocycles. The predicted molar refractivity (Wildman–Crippen MR) is 119 cm³/mol. The van der Waals surface area contributed by atoms with Crippen LogP contribution in [0.3, 0.4) is 0 Å². The average molecular weight is 533 g/mol. The zero-order valence-electron chi connectivity index (χ0n) is 15.9. The zero-order valence-corrected chi connectivity index (χ0v) is 19.1. The Morgan fingerprint density at radius 1 is 0.933 bits per heavy atom. The number of hydrogen-bond acceptors (Lipinski definition) is 4. The van der Waals surface area contributed by atoms with Gasteiger partial charge in [0.05, 0.1) is 23.9 Å². The summed E-state index contributed by atoms with van der Waals surface area (Å²) in [6.07, 6.45) is 1.04. The summed E-state index contributed by atoms with van der Waals surface area (Å²) in [6.45, 7) is 0. The molecule has 2 aliphatic carbocycles. The summed E-state index contributed by atoms with van der Waals surface area (Å²) in [7, 11) is 0. The van der Waals surface area contributed by atoms with Crippen LogP contribution in [0.1, 0.15) is 12.0 Å². The number of anilines is 1. The molecule has 5 nitrogen and oxygen atoms in total. The molecule has 5 rings (SSSR count). The molecule has 1 aliphatic heterocycles. The van der Waals surface area contributed by atoms with Crippen LogP contribution in [0, 0.1) is 23.7 Å². The van der Waals surface area contributed by atoms with E-state index in [-0.39, 0.29) is 51.6 Å². The second-order valence-electron chi connectivity index (χ2n) is 8.15. The van der Waals surface area contributed by atoms with Crippen molar-refractivity contribution in [3.63, 3.8) is 0 Å². The number of hydrogen-bond donors (Lipinski definition) is 0.